The second kappa shape index (κ2) is 9.45. The van der Waals surface area contributed by atoms with Crippen LogP contribution in [0.4, 0.5) is 8.78 Å². The maximum Gasteiger partial charge on any atom is 0.280 e. The van der Waals surface area contributed by atoms with Gasteiger partial charge in [0.25, 0.3) is 6.43 Å². The highest BCUT2D eigenvalue weighted by atomic mass is 35.5. The van der Waals surface area contributed by atoms with Gasteiger partial charge in [-0.3, -0.25) is 4.68 Å². The zero-order valence-electron chi connectivity index (χ0n) is 17.8. The molecular weight excluding hydrogens is 466 g/mol. The van der Waals surface area contributed by atoms with Crippen LogP contribution in [0.5, 0.6) is 0 Å². The second-order valence-electron chi connectivity index (χ2n) is 7.67. The molecule has 4 nitrogen and oxygen atoms in total. The third kappa shape index (κ3) is 5.15. The van der Waals surface area contributed by atoms with Gasteiger partial charge in [0, 0.05) is 29.0 Å². The second-order valence-corrected chi connectivity index (χ2v) is 10.1. The largest absolute Gasteiger partial charge is 0.280 e. The van der Waals surface area contributed by atoms with Gasteiger partial charge in [0.2, 0.25) is 0 Å². The first-order valence-electron chi connectivity index (χ1n) is 10.2. The minimum absolute atomic E-state index is 0.150. The van der Waals surface area contributed by atoms with Crippen molar-refractivity contribution in [1.82, 2.24) is 9.78 Å². The first kappa shape index (κ1) is 23.1. The lowest BCUT2D eigenvalue weighted by Crippen LogP contribution is -2.08. The minimum atomic E-state index is -3.38. The SMILES string of the molecule is CS(=O)(=O)c1ccc(-c2nn(CCc3ccccc3)c(C(F)F)c2-c2ccc(Cl)cc2)cc1. The van der Waals surface area contributed by atoms with Gasteiger partial charge < -0.3 is 0 Å². The Balaban J connectivity index is 1.85. The number of aryl methyl sites for hydroxylation is 2. The summed E-state index contributed by atoms with van der Waals surface area (Å²) in [7, 11) is -3.38. The number of aromatic nitrogens is 2. The summed E-state index contributed by atoms with van der Waals surface area (Å²) in [5.74, 6) is 0. The Morgan fingerprint density at radius 2 is 1.52 bits per heavy atom. The molecule has 170 valence electrons. The summed E-state index contributed by atoms with van der Waals surface area (Å²) in [6.07, 6.45) is -1.11. The highest BCUT2D eigenvalue weighted by Crippen LogP contribution is 2.39. The predicted molar refractivity (Wildman–Crippen MR) is 126 cm³/mol. The van der Waals surface area contributed by atoms with Crippen LogP contribution >= 0.6 is 11.6 Å². The van der Waals surface area contributed by atoms with Gasteiger partial charge in [0.1, 0.15) is 11.4 Å². The molecule has 4 rings (SSSR count). The van der Waals surface area contributed by atoms with Gasteiger partial charge in [-0.25, -0.2) is 17.2 Å². The Labute approximate surface area is 196 Å². The Kier molecular flexibility index (Phi) is 6.63. The molecule has 0 aliphatic carbocycles. The molecule has 0 atom stereocenters. The normalized spacial score (nSPS) is 11.8. The zero-order chi connectivity index (χ0) is 23.6. The highest BCUT2D eigenvalue weighted by molar-refractivity contribution is 7.90. The smallest absolute Gasteiger partial charge is 0.262 e. The van der Waals surface area contributed by atoms with E-state index in [9.17, 15) is 17.2 Å². The van der Waals surface area contributed by atoms with Crippen LogP contribution in [0.3, 0.4) is 0 Å². The fraction of sp³-hybridized carbons (Fsp3) is 0.160. The molecule has 1 aromatic heterocycles. The first-order chi connectivity index (χ1) is 15.7. The summed E-state index contributed by atoms with van der Waals surface area (Å²) in [6, 6.07) is 22.3. The predicted octanol–water partition coefficient (Wildman–Crippen LogP) is 6.45. The summed E-state index contributed by atoms with van der Waals surface area (Å²) in [5.41, 5.74) is 2.61. The van der Waals surface area contributed by atoms with Gasteiger partial charge >= 0.3 is 0 Å². The van der Waals surface area contributed by atoms with E-state index in [2.05, 4.69) is 5.10 Å². The lowest BCUT2D eigenvalue weighted by molar-refractivity contribution is 0.139. The van der Waals surface area contributed by atoms with Crippen LogP contribution in [-0.2, 0) is 22.8 Å². The summed E-state index contributed by atoms with van der Waals surface area (Å²) in [5, 5.41) is 5.06. The molecule has 3 aromatic carbocycles. The van der Waals surface area contributed by atoms with Crippen molar-refractivity contribution < 1.29 is 17.2 Å². The molecule has 33 heavy (non-hydrogen) atoms. The number of alkyl halides is 2. The van der Waals surface area contributed by atoms with Gasteiger partial charge in [0.15, 0.2) is 9.84 Å². The molecule has 0 saturated carbocycles. The number of rotatable bonds is 7. The van der Waals surface area contributed by atoms with Gasteiger partial charge in [-0.15, -0.1) is 0 Å². The van der Waals surface area contributed by atoms with Crippen LogP contribution in [0.15, 0.2) is 83.8 Å². The lowest BCUT2D eigenvalue weighted by atomic mass is 9.99. The Morgan fingerprint density at radius 1 is 0.909 bits per heavy atom. The van der Waals surface area contributed by atoms with Crippen LogP contribution in [-0.4, -0.2) is 24.5 Å². The van der Waals surface area contributed by atoms with E-state index in [1.165, 1.54) is 16.8 Å². The lowest BCUT2D eigenvalue weighted by Gasteiger charge is -2.10. The number of benzene rings is 3. The van der Waals surface area contributed by atoms with Crippen molar-refractivity contribution >= 4 is 21.4 Å². The molecule has 0 aliphatic rings. The number of halogens is 3. The monoisotopic (exact) mass is 486 g/mol. The molecule has 0 fully saturated rings. The molecule has 8 heteroatoms. The molecular formula is C25H21ClF2N2O2S. The summed E-state index contributed by atoms with van der Waals surface area (Å²) < 4.78 is 53.7. The number of sulfone groups is 1. The molecule has 0 bridgehead atoms. The molecule has 0 saturated heterocycles. The average molecular weight is 487 g/mol. The fourth-order valence-corrected chi connectivity index (χ4v) is 4.47. The van der Waals surface area contributed by atoms with Gasteiger partial charge in [-0.1, -0.05) is 66.2 Å². The van der Waals surface area contributed by atoms with Crippen molar-refractivity contribution in [3.05, 3.63) is 95.1 Å². The quantitative estimate of drug-likeness (QED) is 0.301. The van der Waals surface area contributed by atoms with Crippen molar-refractivity contribution in [1.29, 1.82) is 0 Å². The van der Waals surface area contributed by atoms with E-state index in [0.29, 0.717) is 33.8 Å². The van der Waals surface area contributed by atoms with Crippen molar-refractivity contribution in [2.45, 2.75) is 24.3 Å². The number of nitrogens with zero attached hydrogens (tertiary/aromatic N) is 2. The van der Waals surface area contributed by atoms with Crippen molar-refractivity contribution in [3.63, 3.8) is 0 Å². The number of hydrogen-bond acceptors (Lipinski definition) is 3. The third-order valence-corrected chi connectivity index (χ3v) is 6.72. The summed E-state index contributed by atoms with van der Waals surface area (Å²) in [4.78, 5) is 0.150. The van der Waals surface area contributed by atoms with E-state index in [1.54, 1.807) is 36.4 Å². The van der Waals surface area contributed by atoms with Gasteiger partial charge in [0.05, 0.1) is 4.90 Å². The molecule has 4 aromatic rings. The van der Waals surface area contributed by atoms with Gasteiger partial charge in [-0.2, -0.15) is 5.10 Å². The molecule has 0 unspecified atom stereocenters. The Morgan fingerprint density at radius 3 is 2.09 bits per heavy atom. The Bertz CT molecular complexity index is 1350. The molecule has 0 radical (unpaired) electrons. The first-order valence-corrected chi connectivity index (χ1v) is 12.5. The van der Waals surface area contributed by atoms with E-state index in [1.807, 2.05) is 30.3 Å². The molecule has 0 aliphatic heterocycles. The maximum atomic E-state index is 14.4. The highest BCUT2D eigenvalue weighted by Gasteiger charge is 2.26. The maximum absolute atomic E-state index is 14.4. The van der Waals surface area contributed by atoms with Crippen LogP contribution in [0.25, 0.3) is 22.4 Å². The van der Waals surface area contributed by atoms with Crippen LogP contribution in [0.2, 0.25) is 5.02 Å². The zero-order valence-corrected chi connectivity index (χ0v) is 19.3. The summed E-state index contributed by atoms with van der Waals surface area (Å²) in [6.45, 7) is 0.270. The van der Waals surface area contributed by atoms with Crippen molar-refractivity contribution in [2.24, 2.45) is 0 Å². The van der Waals surface area contributed by atoms with Crippen LogP contribution in [0.1, 0.15) is 17.7 Å². The van der Waals surface area contributed by atoms with Crippen molar-refractivity contribution in [2.75, 3.05) is 6.26 Å². The minimum Gasteiger partial charge on any atom is -0.262 e. The molecule has 0 N–H and O–H groups in total. The van der Waals surface area contributed by atoms with E-state index in [0.717, 1.165) is 11.8 Å². The van der Waals surface area contributed by atoms with E-state index in [4.69, 9.17) is 11.6 Å². The standard InChI is InChI=1S/C25H21ClF2N2O2S/c1-33(31,32)21-13-9-19(10-14-21)23-22(18-7-11-20(26)12-8-18)24(25(27)28)30(29-23)16-15-17-5-3-2-4-6-17/h2-14,25H,15-16H2,1H3. The molecule has 1 heterocycles. The molecule has 0 amide bonds. The fourth-order valence-electron chi connectivity index (χ4n) is 3.71. The van der Waals surface area contributed by atoms with Crippen molar-refractivity contribution in [3.8, 4) is 22.4 Å². The topological polar surface area (TPSA) is 52.0 Å². The van der Waals surface area contributed by atoms with Crippen LogP contribution < -0.4 is 0 Å². The molecule has 0 spiro atoms. The third-order valence-electron chi connectivity index (χ3n) is 5.34. The Hall–Kier alpha value is -3.03. The number of hydrogen-bond donors (Lipinski definition) is 0. The van der Waals surface area contributed by atoms with Crippen LogP contribution in [0, 0.1) is 0 Å². The van der Waals surface area contributed by atoms with E-state index in [-0.39, 0.29) is 17.1 Å². The summed E-state index contributed by atoms with van der Waals surface area (Å²) >= 11 is 6.02. The van der Waals surface area contributed by atoms with E-state index < -0.39 is 16.3 Å². The van der Waals surface area contributed by atoms with Gasteiger partial charge in [-0.05, 0) is 41.8 Å². The van der Waals surface area contributed by atoms with E-state index >= 15 is 0 Å². The average Bonchev–Trinajstić information content (AvgIpc) is 3.18.